The monoisotopic (exact) mass is 355 g/mol. The van der Waals surface area contributed by atoms with Gasteiger partial charge in [-0.05, 0) is 35.4 Å². The van der Waals surface area contributed by atoms with Crippen molar-refractivity contribution in [3.63, 3.8) is 0 Å². The van der Waals surface area contributed by atoms with Crippen molar-refractivity contribution in [1.82, 2.24) is 5.32 Å². The molecule has 5 nitrogen and oxygen atoms in total. The van der Waals surface area contributed by atoms with E-state index in [-0.39, 0.29) is 17.1 Å². The Bertz CT molecular complexity index is 779. The fourth-order valence-electron chi connectivity index (χ4n) is 2.88. The number of para-hydroxylation sites is 1. The van der Waals surface area contributed by atoms with Crippen molar-refractivity contribution in [2.45, 2.75) is 11.7 Å². The van der Waals surface area contributed by atoms with E-state index in [9.17, 15) is 9.59 Å². The molecule has 25 heavy (non-hydrogen) atoms. The number of benzene rings is 2. The molecular formula is C19H21N3O2S. The Morgan fingerprint density at radius 1 is 1.12 bits per heavy atom. The molecule has 0 fully saturated rings. The SMILES string of the molecule is NCCNC(=O)c1ccccc1NC(=O)C1SCCc2ccccc21. The second-order valence-corrected chi connectivity index (χ2v) is 6.99. The summed E-state index contributed by atoms with van der Waals surface area (Å²) in [5.41, 5.74) is 8.67. The average Bonchev–Trinajstić information content (AvgIpc) is 2.66. The molecule has 4 N–H and O–H groups in total. The number of carbonyl (C=O) groups is 2. The lowest BCUT2D eigenvalue weighted by Crippen LogP contribution is -2.30. The summed E-state index contributed by atoms with van der Waals surface area (Å²) in [5, 5.41) is 5.40. The summed E-state index contributed by atoms with van der Waals surface area (Å²) in [6, 6.07) is 15.1. The molecule has 0 bridgehead atoms. The van der Waals surface area contributed by atoms with E-state index in [1.54, 1.807) is 36.0 Å². The van der Waals surface area contributed by atoms with E-state index in [2.05, 4.69) is 16.7 Å². The van der Waals surface area contributed by atoms with Crippen molar-refractivity contribution in [2.24, 2.45) is 5.73 Å². The fraction of sp³-hybridized carbons (Fsp3) is 0.263. The maximum absolute atomic E-state index is 12.8. The third kappa shape index (κ3) is 4.03. The predicted molar refractivity (Wildman–Crippen MR) is 102 cm³/mol. The zero-order valence-electron chi connectivity index (χ0n) is 13.8. The van der Waals surface area contributed by atoms with Gasteiger partial charge in [-0.3, -0.25) is 9.59 Å². The van der Waals surface area contributed by atoms with E-state index in [1.807, 2.05) is 18.2 Å². The minimum absolute atomic E-state index is 0.101. The number of hydrogen-bond acceptors (Lipinski definition) is 4. The number of amides is 2. The van der Waals surface area contributed by atoms with Crippen LogP contribution in [0.5, 0.6) is 0 Å². The smallest absolute Gasteiger partial charge is 0.253 e. The number of nitrogens with two attached hydrogens (primary N) is 1. The number of carbonyl (C=O) groups excluding carboxylic acids is 2. The van der Waals surface area contributed by atoms with Crippen molar-refractivity contribution in [3.8, 4) is 0 Å². The standard InChI is InChI=1S/C19H21N3O2S/c20-10-11-21-18(23)15-7-3-4-8-16(15)22-19(24)17-14-6-2-1-5-13(14)9-12-25-17/h1-8,17H,9-12,20H2,(H,21,23)(H,22,24). The van der Waals surface area contributed by atoms with Gasteiger partial charge in [0.15, 0.2) is 0 Å². The minimum Gasteiger partial charge on any atom is -0.351 e. The molecule has 130 valence electrons. The lowest BCUT2D eigenvalue weighted by atomic mass is 10.0. The summed E-state index contributed by atoms with van der Waals surface area (Å²) in [6.07, 6.45) is 0.975. The highest BCUT2D eigenvalue weighted by molar-refractivity contribution is 8.00. The molecule has 1 aliphatic heterocycles. The van der Waals surface area contributed by atoms with Crippen LogP contribution in [0.2, 0.25) is 0 Å². The van der Waals surface area contributed by atoms with E-state index < -0.39 is 0 Å². The van der Waals surface area contributed by atoms with Gasteiger partial charge in [0.05, 0.1) is 11.3 Å². The lowest BCUT2D eigenvalue weighted by Gasteiger charge is -2.24. The highest BCUT2D eigenvalue weighted by Gasteiger charge is 2.27. The van der Waals surface area contributed by atoms with Crippen molar-refractivity contribution in [1.29, 1.82) is 0 Å². The van der Waals surface area contributed by atoms with Crippen molar-refractivity contribution in [3.05, 3.63) is 65.2 Å². The molecule has 1 atom stereocenters. The Morgan fingerprint density at radius 2 is 1.88 bits per heavy atom. The zero-order chi connectivity index (χ0) is 17.6. The molecule has 2 amide bonds. The summed E-state index contributed by atoms with van der Waals surface area (Å²) in [4.78, 5) is 25.1. The third-order valence-electron chi connectivity index (χ3n) is 4.09. The molecule has 1 heterocycles. The van der Waals surface area contributed by atoms with Crippen LogP contribution in [0.3, 0.4) is 0 Å². The first-order chi connectivity index (χ1) is 12.2. The number of nitrogens with one attached hydrogen (secondary N) is 2. The molecule has 0 aromatic heterocycles. The Labute approximate surface area is 151 Å². The van der Waals surface area contributed by atoms with Gasteiger partial charge in [0, 0.05) is 13.1 Å². The number of rotatable bonds is 5. The summed E-state index contributed by atoms with van der Waals surface area (Å²) >= 11 is 1.63. The molecule has 0 saturated heterocycles. The second-order valence-electron chi connectivity index (χ2n) is 5.78. The first kappa shape index (κ1) is 17.5. The topological polar surface area (TPSA) is 84.2 Å². The van der Waals surface area contributed by atoms with Gasteiger partial charge in [-0.1, -0.05) is 36.4 Å². The van der Waals surface area contributed by atoms with Gasteiger partial charge >= 0.3 is 0 Å². The molecule has 2 aromatic carbocycles. The van der Waals surface area contributed by atoms with Crippen LogP contribution in [0.25, 0.3) is 0 Å². The summed E-state index contributed by atoms with van der Waals surface area (Å²) in [5.74, 6) is 0.572. The van der Waals surface area contributed by atoms with Crippen LogP contribution in [0.1, 0.15) is 26.7 Å². The molecular weight excluding hydrogens is 334 g/mol. The first-order valence-electron chi connectivity index (χ1n) is 8.28. The van der Waals surface area contributed by atoms with Crippen LogP contribution in [0.15, 0.2) is 48.5 Å². The fourth-order valence-corrected chi connectivity index (χ4v) is 4.07. The normalized spacial score (nSPS) is 16.0. The van der Waals surface area contributed by atoms with Gasteiger partial charge in [0.1, 0.15) is 5.25 Å². The van der Waals surface area contributed by atoms with Crippen LogP contribution in [-0.2, 0) is 11.2 Å². The lowest BCUT2D eigenvalue weighted by molar-refractivity contribution is -0.115. The van der Waals surface area contributed by atoms with Gasteiger partial charge in [0.25, 0.3) is 5.91 Å². The maximum Gasteiger partial charge on any atom is 0.253 e. The van der Waals surface area contributed by atoms with Crippen molar-refractivity contribution >= 4 is 29.3 Å². The number of anilines is 1. The van der Waals surface area contributed by atoms with Crippen molar-refractivity contribution < 1.29 is 9.59 Å². The van der Waals surface area contributed by atoms with Gasteiger partial charge in [-0.25, -0.2) is 0 Å². The molecule has 6 heteroatoms. The molecule has 0 radical (unpaired) electrons. The number of fused-ring (bicyclic) bond motifs is 1. The minimum atomic E-state index is -0.259. The molecule has 2 aromatic rings. The molecule has 0 aliphatic carbocycles. The van der Waals surface area contributed by atoms with Crippen LogP contribution < -0.4 is 16.4 Å². The van der Waals surface area contributed by atoms with E-state index >= 15 is 0 Å². The molecule has 0 spiro atoms. The second kappa shape index (κ2) is 8.18. The molecule has 1 unspecified atom stereocenters. The third-order valence-corrected chi connectivity index (χ3v) is 5.33. The largest absolute Gasteiger partial charge is 0.351 e. The van der Waals surface area contributed by atoms with Crippen LogP contribution in [0, 0.1) is 0 Å². The van der Waals surface area contributed by atoms with E-state index in [0.717, 1.165) is 17.7 Å². The highest BCUT2D eigenvalue weighted by atomic mass is 32.2. The highest BCUT2D eigenvalue weighted by Crippen LogP contribution is 2.37. The van der Waals surface area contributed by atoms with Gasteiger partial charge in [-0.15, -0.1) is 11.8 Å². The molecule has 0 saturated carbocycles. The average molecular weight is 355 g/mol. The molecule has 1 aliphatic rings. The Hall–Kier alpha value is -2.31. The summed E-state index contributed by atoms with van der Waals surface area (Å²) < 4.78 is 0. The van der Waals surface area contributed by atoms with Crippen LogP contribution in [0.4, 0.5) is 5.69 Å². The van der Waals surface area contributed by atoms with Gasteiger partial charge in [-0.2, -0.15) is 0 Å². The maximum atomic E-state index is 12.8. The number of aryl methyl sites for hydroxylation is 1. The Morgan fingerprint density at radius 3 is 2.72 bits per heavy atom. The van der Waals surface area contributed by atoms with Gasteiger partial charge in [0.2, 0.25) is 5.91 Å². The quantitative estimate of drug-likeness (QED) is 0.769. The van der Waals surface area contributed by atoms with E-state index in [1.165, 1.54) is 5.56 Å². The summed E-state index contributed by atoms with van der Waals surface area (Å²) in [7, 11) is 0. The number of hydrogen-bond donors (Lipinski definition) is 3. The Kier molecular flexibility index (Phi) is 5.73. The van der Waals surface area contributed by atoms with Crippen LogP contribution >= 0.6 is 11.8 Å². The predicted octanol–water partition coefficient (Wildman–Crippen LogP) is 2.34. The van der Waals surface area contributed by atoms with Crippen LogP contribution in [-0.4, -0.2) is 30.7 Å². The van der Waals surface area contributed by atoms with E-state index in [0.29, 0.717) is 24.3 Å². The van der Waals surface area contributed by atoms with Gasteiger partial charge < -0.3 is 16.4 Å². The van der Waals surface area contributed by atoms with Crippen molar-refractivity contribution in [2.75, 3.05) is 24.2 Å². The summed E-state index contributed by atoms with van der Waals surface area (Å²) in [6.45, 7) is 0.767. The number of thioether (sulfide) groups is 1. The Balaban J connectivity index is 1.79. The zero-order valence-corrected chi connectivity index (χ0v) is 14.6. The molecule has 3 rings (SSSR count). The van der Waals surface area contributed by atoms with E-state index in [4.69, 9.17) is 5.73 Å². The first-order valence-corrected chi connectivity index (χ1v) is 9.33.